The predicted molar refractivity (Wildman–Crippen MR) is 75.6 cm³/mol. The molecule has 0 aliphatic heterocycles. The third kappa shape index (κ3) is 1.82. The molecule has 3 rings (SSSR count). The molecule has 0 fully saturated rings. The summed E-state index contributed by atoms with van der Waals surface area (Å²) < 4.78 is 13.1. The second kappa shape index (κ2) is 4.27. The fraction of sp³-hybridized carbons (Fsp3) is 0.0714. The Bertz CT molecular complexity index is 829. The number of phenols is 3. The van der Waals surface area contributed by atoms with Gasteiger partial charge in [-0.25, -0.2) is 9.37 Å². The molecule has 0 radical (unpaired) electrons. The second-order valence-electron chi connectivity index (χ2n) is 4.71. The molecule has 21 heavy (non-hydrogen) atoms. The predicted octanol–water partition coefficient (Wildman–Crippen LogP) is 2.38. The molecule has 0 spiro atoms. The van der Waals surface area contributed by atoms with Gasteiger partial charge in [-0.1, -0.05) is 0 Å². The molecule has 0 saturated carbocycles. The van der Waals surface area contributed by atoms with Crippen LogP contribution in [0.25, 0.3) is 22.4 Å². The highest BCUT2D eigenvalue weighted by molar-refractivity contribution is 5.93. The topological polar surface area (TPSA) is 115 Å². The van der Waals surface area contributed by atoms with Crippen molar-refractivity contribution in [2.45, 2.75) is 6.92 Å². The zero-order valence-electron chi connectivity index (χ0n) is 11.0. The summed E-state index contributed by atoms with van der Waals surface area (Å²) in [6, 6.07) is 3.85. The van der Waals surface area contributed by atoms with E-state index in [0.29, 0.717) is 22.5 Å². The van der Waals surface area contributed by atoms with E-state index in [2.05, 4.69) is 9.97 Å². The fourth-order valence-corrected chi connectivity index (χ4v) is 2.21. The van der Waals surface area contributed by atoms with Crippen molar-refractivity contribution in [2.75, 3.05) is 5.73 Å². The number of phenolic OH excluding ortho intramolecular Hbond substituents is 3. The van der Waals surface area contributed by atoms with Gasteiger partial charge in [-0.05, 0) is 25.1 Å². The van der Waals surface area contributed by atoms with Crippen molar-refractivity contribution in [1.82, 2.24) is 9.97 Å². The minimum atomic E-state index is -0.623. The Morgan fingerprint density at radius 2 is 1.86 bits per heavy atom. The number of aryl methyl sites for hydroxylation is 1. The number of nitrogens with two attached hydrogens (primary N) is 1. The highest BCUT2D eigenvalue weighted by Crippen LogP contribution is 2.44. The highest BCUT2D eigenvalue weighted by atomic mass is 19.1. The van der Waals surface area contributed by atoms with Crippen molar-refractivity contribution >= 4 is 16.7 Å². The fourth-order valence-electron chi connectivity index (χ4n) is 2.21. The lowest BCUT2D eigenvalue weighted by atomic mass is 10.1. The lowest BCUT2D eigenvalue weighted by Crippen LogP contribution is -1.92. The van der Waals surface area contributed by atoms with Gasteiger partial charge < -0.3 is 26.0 Å². The van der Waals surface area contributed by atoms with Crippen LogP contribution in [0, 0.1) is 12.7 Å². The number of fused-ring (bicyclic) bond motifs is 1. The molecule has 0 aliphatic rings. The van der Waals surface area contributed by atoms with Crippen molar-refractivity contribution in [2.24, 2.45) is 0 Å². The monoisotopic (exact) mass is 289 g/mol. The molecule has 2 aromatic carbocycles. The number of nitrogens with one attached hydrogen (secondary N) is 1. The largest absolute Gasteiger partial charge is 0.504 e. The first-order valence-electron chi connectivity index (χ1n) is 6.08. The molecule has 6 nitrogen and oxygen atoms in total. The van der Waals surface area contributed by atoms with Gasteiger partial charge in [-0.15, -0.1) is 0 Å². The number of imidazole rings is 1. The van der Waals surface area contributed by atoms with Crippen LogP contribution in [0.4, 0.5) is 10.1 Å². The number of aromatic nitrogens is 2. The van der Waals surface area contributed by atoms with E-state index in [1.54, 1.807) is 6.92 Å². The zero-order valence-corrected chi connectivity index (χ0v) is 11.0. The number of H-pyrrole nitrogens is 1. The van der Waals surface area contributed by atoms with E-state index < -0.39 is 23.1 Å². The summed E-state index contributed by atoms with van der Waals surface area (Å²) in [5.41, 5.74) is 7.15. The number of halogens is 1. The van der Waals surface area contributed by atoms with Crippen LogP contribution in [0.15, 0.2) is 18.2 Å². The minimum absolute atomic E-state index is 0.168. The molecule has 0 aliphatic carbocycles. The number of benzene rings is 2. The number of hydrogen-bond acceptors (Lipinski definition) is 5. The number of hydrogen-bond donors (Lipinski definition) is 5. The highest BCUT2D eigenvalue weighted by Gasteiger charge is 2.20. The molecular formula is C14H12FN3O3. The van der Waals surface area contributed by atoms with Crippen molar-refractivity contribution in [3.8, 4) is 28.6 Å². The van der Waals surface area contributed by atoms with E-state index in [-0.39, 0.29) is 11.2 Å². The summed E-state index contributed by atoms with van der Waals surface area (Å²) in [5.74, 6) is -1.74. The molecule has 7 heteroatoms. The molecule has 6 N–H and O–H groups in total. The van der Waals surface area contributed by atoms with Crippen molar-refractivity contribution in [3.05, 3.63) is 29.6 Å². The van der Waals surface area contributed by atoms with Crippen molar-refractivity contribution < 1.29 is 19.7 Å². The minimum Gasteiger partial charge on any atom is -0.504 e. The van der Waals surface area contributed by atoms with Gasteiger partial charge in [0.15, 0.2) is 11.5 Å². The van der Waals surface area contributed by atoms with E-state index in [0.717, 1.165) is 6.07 Å². The van der Waals surface area contributed by atoms with Gasteiger partial charge in [-0.3, -0.25) is 0 Å². The molecule has 0 bridgehead atoms. The molecule has 1 heterocycles. The smallest absolute Gasteiger partial charge is 0.202 e. The number of aromatic amines is 1. The summed E-state index contributed by atoms with van der Waals surface area (Å²) in [5, 5.41) is 29.2. The Morgan fingerprint density at radius 1 is 1.14 bits per heavy atom. The van der Waals surface area contributed by atoms with E-state index in [1.807, 2.05) is 0 Å². The van der Waals surface area contributed by atoms with Gasteiger partial charge in [0.25, 0.3) is 0 Å². The van der Waals surface area contributed by atoms with Crippen LogP contribution in [-0.2, 0) is 0 Å². The molecule has 3 aromatic rings. The Kier molecular flexibility index (Phi) is 2.65. The number of anilines is 1. The number of aromatic hydroxyl groups is 3. The molecule has 0 amide bonds. The summed E-state index contributed by atoms with van der Waals surface area (Å²) in [6.45, 7) is 1.55. The van der Waals surface area contributed by atoms with E-state index in [1.165, 1.54) is 12.1 Å². The van der Waals surface area contributed by atoms with Crippen LogP contribution in [-0.4, -0.2) is 25.3 Å². The van der Waals surface area contributed by atoms with Gasteiger partial charge >= 0.3 is 0 Å². The molecule has 0 saturated heterocycles. The summed E-state index contributed by atoms with van der Waals surface area (Å²) in [6.07, 6.45) is 0. The van der Waals surface area contributed by atoms with Gasteiger partial charge in [0, 0.05) is 16.8 Å². The number of nitrogen functional groups attached to an aromatic ring is 1. The Morgan fingerprint density at radius 3 is 2.52 bits per heavy atom. The number of nitrogens with zero attached hydrogens (tertiary/aromatic N) is 1. The Labute approximate surface area is 118 Å². The lowest BCUT2D eigenvalue weighted by molar-refractivity contribution is 0.369. The van der Waals surface area contributed by atoms with E-state index in [9.17, 15) is 19.7 Å². The maximum Gasteiger partial charge on any atom is 0.202 e. The third-order valence-electron chi connectivity index (χ3n) is 3.37. The van der Waals surface area contributed by atoms with E-state index in [4.69, 9.17) is 5.73 Å². The summed E-state index contributed by atoms with van der Waals surface area (Å²) >= 11 is 0. The lowest BCUT2D eigenvalue weighted by Gasteiger charge is -2.04. The Balaban J connectivity index is 2.31. The summed E-state index contributed by atoms with van der Waals surface area (Å²) in [4.78, 5) is 7.06. The van der Waals surface area contributed by atoms with Crippen molar-refractivity contribution in [3.63, 3.8) is 0 Å². The van der Waals surface area contributed by atoms with Crippen molar-refractivity contribution in [1.29, 1.82) is 0 Å². The van der Waals surface area contributed by atoms with E-state index >= 15 is 0 Å². The van der Waals surface area contributed by atoms with Crippen LogP contribution in [0.3, 0.4) is 0 Å². The first-order valence-corrected chi connectivity index (χ1v) is 6.08. The van der Waals surface area contributed by atoms with Crippen LogP contribution in [0.1, 0.15) is 5.56 Å². The van der Waals surface area contributed by atoms with Gasteiger partial charge in [0.1, 0.15) is 17.2 Å². The normalized spacial score (nSPS) is 11.1. The van der Waals surface area contributed by atoms with Crippen LogP contribution in [0.5, 0.6) is 17.2 Å². The van der Waals surface area contributed by atoms with Crippen LogP contribution >= 0.6 is 0 Å². The first kappa shape index (κ1) is 13.0. The van der Waals surface area contributed by atoms with Gasteiger partial charge in [-0.2, -0.15) is 0 Å². The first-order chi connectivity index (χ1) is 9.90. The van der Waals surface area contributed by atoms with Gasteiger partial charge in [0.05, 0.1) is 5.52 Å². The Hall–Kier alpha value is -2.96. The van der Waals surface area contributed by atoms with Crippen LogP contribution in [0.2, 0.25) is 0 Å². The third-order valence-corrected chi connectivity index (χ3v) is 3.37. The average Bonchev–Trinajstić information content (AvgIpc) is 2.88. The molecule has 1 aromatic heterocycles. The standard InChI is InChI=1S/C14H12FN3O3/c1-5-9-10(12(20)13(21)11(5)19)18-14(17-9)7-3-2-6(15)4-8(7)16/h2-4,19-21H,16H2,1H3,(H,17,18). The molecule has 108 valence electrons. The molecule has 0 atom stereocenters. The average molecular weight is 289 g/mol. The molecule has 0 unspecified atom stereocenters. The second-order valence-corrected chi connectivity index (χ2v) is 4.71. The zero-order chi connectivity index (χ0) is 15.3. The van der Waals surface area contributed by atoms with Gasteiger partial charge in [0.2, 0.25) is 5.75 Å². The number of rotatable bonds is 1. The SMILES string of the molecule is Cc1c(O)c(O)c(O)c2[nH]c(-c3ccc(F)cc3N)nc12. The van der Waals surface area contributed by atoms with Crippen LogP contribution < -0.4 is 5.73 Å². The maximum absolute atomic E-state index is 13.1. The molecular weight excluding hydrogens is 277 g/mol. The maximum atomic E-state index is 13.1. The summed E-state index contributed by atoms with van der Waals surface area (Å²) in [7, 11) is 0. The quantitative estimate of drug-likeness (QED) is 0.348.